The third kappa shape index (κ3) is 2.29. The number of benzene rings is 1. The molecule has 0 saturated heterocycles. The Balaban J connectivity index is 1.74. The van der Waals surface area contributed by atoms with Crippen molar-refractivity contribution in [2.75, 3.05) is 0 Å². The zero-order valence-corrected chi connectivity index (χ0v) is 11.4. The van der Waals surface area contributed by atoms with E-state index >= 15 is 0 Å². The van der Waals surface area contributed by atoms with Crippen LogP contribution in [0.2, 0.25) is 0 Å². The van der Waals surface area contributed by atoms with Gasteiger partial charge in [0.2, 0.25) is 0 Å². The molecule has 0 amide bonds. The predicted molar refractivity (Wildman–Crippen MR) is 75.5 cm³/mol. The second-order valence-electron chi connectivity index (χ2n) is 5.32. The maximum atomic E-state index is 6.18. The van der Waals surface area contributed by atoms with Crippen molar-refractivity contribution in [2.45, 2.75) is 32.0 Å². The average Bonchev–Trinajstić information content (AvgIpc) is 2.88. The largest absolute Gasteiger partial charge is 0.324 e. The van der Waals surface area contributed by atoms with Gasteiger partial charge in [0, 0.05) is 37.4 Å². The van der Waals surface area contributed by atoms with Crippen molar-refractivity contribution in [3.05, 3.63) is 52.8 Å². The standard InChI is InChI=1S/C15H20N4/c1-10-11(9-19(2)18-10)8-17-15-7-14(16)12-5-3-4-6-13(12)15/h3-6,9,14-15,17H,7-8,16H2,1-2H3. The first-order valence-corrected chi connectivity index (χ1v) is 6.72. The molecule has 1 aromatic heterocycles. The Morgan fingerprint density at radius 2 is 2.11 bits per heavy atom. The van der Waals surface area contributed by atoms with E-state index in [4.69, 9.17) is 5.73 Å². The second kappa shape index (κ2) is 4.79. The number of aryl methyl sites for hydroxylation is 2. The molecule has 3 N–H and O–H groups in total. The van der Waals surface area contributed by atoms with E-state index < -0.39 is 0 Å². The Morgan fingerprint density at radius 1 is 1.37 bits per heavy atom. The van der Waals surface area contributed by atoms with Gasteiger partial charge in [0.15, 0.2) is 0 Å². The molecule has 0 bridgehead atoms. The van der Waals surface area contributed by atoms with Gasteiger partial charge in [-0.3, -0.25) is 4.68 Å². The number of nitrogens with one attached hydrogen (secondary N) is 1. The zero-order chi connectivity index (χ0) is 13.4. The molecule has 1 aromatic carbocycles. The monoisotopic (exact) mass is 256 g/mol. The quantitative estimate of drug-likeness (QED) is 0.882. The van der Waals surface area contributed by atoms with Crippen LogP contribution in [0.1, 0.15) is 40.9 Å². The van der Waals surface area contributed by atoms with E-state index in [1.165, 1.54) is 16.7 Å². The Kier molecular flexibility index (Phi) is 3.12. The molecular formula is C15H20N4. The summed E-state index contributed by atoms with van der Waals surface area (Å²) in [6.07, 6.45) is 3.04. The number of fused-ring (bicyclic) bond motifs is 1. The molecule has 1 aliphatic rings. The Labute approximate surface area is 113 Å². The zero-order valence-electron chi connectivity index (χ0n) is 11.4. The highest BCUT2D eigenvalue weighted by Crippen LogP contribution is 2.37. The number of rotatable bonds is 3. The summed E-state index contributed by atoms with van der Waals surface area (Å²) in [5.41, 5.74) is 11.1. The average molecular weight is 256 g/mol. The van der Waals surface area contributed by atoms with Crippen molar-refractivity contribution in [1.82, 2.24) is 15.1 Å². The van der Waals surface area contributed by atoms with E-state index in [-0.39, 0.29) is 6.04 Å². The maximum absolute atomic E-state index is 6.18. The summed E-state index contributed by atoms with van der Waals surface area (Å²) in [6, 6.07) is 8.97. The lowest BCUT2D eigenvalue weighted by molar-refractivity contribution is 0.498. The lowest BCUT2D eigenvalue weighted by Crippen LogP contribution is -2.19. The number of hydrogen-bond acceptors (Lipinski definition) is 3. The first kappa shape index (κ1) is 12.4. The van der Waals surface area contributed by atoms with Crippen LogP contribution in [0.4, 0.5) is 0 Å². The lowest BCUT2D eigenvalue weighted by Gasteiger charge is -2.13. The van der Waals surface area contributed by atoms with Gasteiger partial charge in [-0.1, -0.05) is 24.3 Å². The molecule has 4 heteroatoms. The summed E-state index contributed by atoms with van der Waals surface area (Å²) in [5.74, 6) is 0. The SMILES string of the molecule is Cc1nn(C)cc1CNC1CC(N)c2ccccc21. The van der Waals surface area contributed by atoms with Gasteiger partial charge in [0.1, 0.15) is 0 Å². The van der Waals surface area contributed by atoms with E-state index in [1.807, 2.05) is 18.7 Å². The third-order valence-corrected chi connectivity index (χ3v) is 3.91. The minimum Gasteiger partial charge on any atom is -0.324 e. The van der Waals surface area contributed by atoms with E-state index in [0.29, 0.717) is 6.04 Å². The maximum Gasteiger partial charge on any atom is 0.0638 e. The third-order valence-electron chi connectivity index (χ3n) is 3.91. The lowest BCUT2D eigenvalue weighted by atomic mass is 10.1. The van der Waals surface area contributed by atoms with E-state index in [1.54, 1.807) is 0 Å². The predicted octanol–water partition coefficient (Wildman–Crippen LogP) is 1.96. The molecule has 0 fully saturated rings. The highest BCUT2D eigenvalue weighted by Gasteiger charge is 2.27. The highest BCUT2D eigenvalue weighted by atomic mass is 15.3. The van der Waals surface area contributed by atoms with Crippen LogP contribution in [0.15, 0.2) is 30.5 Å². The number of nitrogens with zero attached hydrogens (tertiary/aromatic N) is 2. The Bertz CT molecular complexity index is 588. The summed E-state index contributed by atoms with van der Waals surface area (Å²) >= 11 is 0. The fraction of sp³-hybridized carbons (Fsp3) is 0.400. The molecule has 4 nitrogen and oxygen atoms in total. The molecule has 1 aliphatic carbocycles. The summed E-state index contributed by atoms with van der Waals surface area (Å²) in [5, 5.41) is 7.97. The van der Waals surface area contributed by atoms with Crippen molar-refractivity contribution >= 4 is 0 Å². The van der Waals surface area contributed by atoms with Gasteiger partial charge in [0.25, 0.3) is 0 Å². The smallest absolute Gasteiger partial charge is 0.0638 e. The molecule has 1 heterocycles. The van der Waals surface area contributed by atoms with Crippen molar-refractivity contribution in [2.24, 2.45) is 12.8 Å². The van der Waals surface area contributed by atoms with E-state index in [2.05, 4.69) is 40.9 Å². The summed E-state index contributed by atoms with van der Waals surface area (Å²) in [6.45, 7) is 2.89. The molecule has 2 unspecified atom stereocenters. The van der Waals surface area contributed by atoms with Gasteiger partial charge in [-0.25, -0.2) is 0 Å². The topological polar surface area (TPSA) is 55.9 Å². The molecular weight excluding hydrogens is 236 g/mol. The van der Waals surface area contributed by atoms with Gasteiger partial charge < -0.3 is 11.1 Å². The van der Waals surface area contributed by atoms with Crippen LogP contribution in [-0.4, -0.2) is 9.78 Å². The molecule has 0 saturated carbocycles. The molecule has 0 aliphatic heterocycles. The van der Waals surface area contributed by atoms with Crippen LogP contribution >= 0.6 is 0 Å². The van der Waals surface area contributed by atoms with E-state index in [9.17, 15) is 0 Å². The van der Waals surface area contributed by atoms with Crippen molar-refractivity contribution in [1.29, 1.82) is 0 Å². The number of nitrogens with two attached hydrogens (primary N) is 1. The first-order valence-electron chi connectivity index (χ1n) is 6.72. The molecule has 100 valence electrons. The van der Waals surface area contributed by atoms with Gasteiger partial charge in [-0.05, 0) is 24.5 Å². The van der Waals surface area contributed by atoms with Crippen molar-refractivity contribution in [3.8, 4) is 0 Å². The van der Waals surface area contributed by atoms with Gasteiger partial charge in [-0.15, -0.1) is 0 Å². The summed E-state index contributed by atoms with van der Waals surface area (Å²) in [7, 11) is 1.96. The fourth-order valence-electron chi connectivity index (χ4n) is 2.92. The van der Waals surface area contributed by atoms with Crippen LogP contribution in [-0.2, 0) is 13.6 Å². The van der Waals surface area contributed by atoms with Crippen LogP contribution in [0, 0.1) is 6.92 Å². The van der Waals surface area contributed by atoms with Crippen LogP contribution in [0.3, 0.4) is 0 Å². The van der Waals surface area contributed by atoms with Gasteiger partial charge in [-0.2, -0.15) is 5.10 Å². The Hall–Kier alpha value is -1.65. The summed E-state index contributed by atoms with van der Waals surface area (Å²) in [4.78, 5) is 0. The normalized spacial score (nSPS) is 21.6. The summed E-state index contributed by atoms with van der Waals surface area (Å²) < 4.78 is 1.86. The highest BCUT2D eigenvalue weighted by molar-refractivity contribution is 5.37. The molecule has 3 rings (SSSR count). The minimum absolute atomic E-state index is 0.156. The molecule has 2 aromatic rings. The number of aromatic nitrogens is 2. The number of hydrogen-bond donors (Lipinski definition) is 2. The van der Waals surface area contributed by atoms with Crippen molar-refractivity contribution in [3.63, 3.8) is 0 Å². The van der Waals surface area contributed by atoms with Crippen LogP contribution in [0.5, 0.6) is 0 Å². The van der Waals surface area contributed by atoms with Crippen molar-refractivity contribution < 1.29 is 0 Å². The van der Waals surface area contributed by atoms with E-state index in [0.717, 1.165) is 18.7 Å². The van der Waals surface area contributed by atoms with Crippen LogP contribution < -0.4 is 11.1 Å². The molecule has 0 radical (unpaired) electrons. The molecule has 19 heavy (non-hydrogen) atoms. The fourth-order valence-corrected chi connectivity index (χ4v) is 2.92. The first-order chi connectivity index (χ1) is 9.15. The van der Waals surface area contributed by atoms with Gasteiger partial charge in [0.05, 0.1) is 5.69 Å². The van der Waals surface area contributed by atoms with Crippen LogP contribution in [0.25, 0.3) is 0 Å². The Morgan fingerprint density at radius 3 is 2.79 bits per heavy atom. The minimum atomic E-state index is 0.156. The van der Waals surface area contributed by atoms with Gasteiger partial charge >= 0.3 is 0 Å². The molecule has 2 atom stereocenters. The second-order valence-corrected chi connectivity index (χ2v) is 5.32. The molecule has 0 spiro atoms.